The van der Waals surface area contributed by atoms with Crippen molar-refractivity contribution in [1.29, 1.82) is 0 Å². The highest BCUT2D eigenvalue weighted by Gasteiger charge is 2.16. The molecule has 0 heterocycles. The second-order valence-electron chi connectivity index (χ2n) is 6.45. The van der Waals surface area contributed by atoms with Crippen molar-refractivity contribution in [2.24, 2.45) is 0 Å². The zero-order valence-electron chi connectivity index (χ0n) is 14.8. The van der Waals surface area contributed by atoms with Crippen LogP contribution in [0, 0.1) is 0 Å². The third kappa shape index (κ3) is 4.75. The molecule has 0 saturated heterocycles. The van der Waals surface area contributed by atoms with Crippen molar-refractivity contribution in [1.82, 2.24) is 10.6 Å². The van der Waals surface area contributed by atoms with Crippen LogP contribution in [-0.4, -0.2) is 12.8 Å². The first-order valence-corrected chi connectivity index (χ1v) is 9.10. The van der Waals surface area contributed by atoms with E-state index in [2.05, 4.69) is 35.8 Å². The number of hydrogen-bond acceptors (Lipinski definition) is 2. The molecule has 2 N–H and O–H groups in total. The summed E-state index contributed by atoms with van der Waals surface area (Å²) in [4.78, 5) is 12.2. The van der Waals surface area contributed by atoms with Gasteiger partial charge in [0.05, 0.1) is 6.04 Å². The first kappa shape index (κ1) is 17.3. The number of aryl methyl sites for hydroxylation is 2. The first-order chi connectivity index (χ1) is 12.3. The van der Waals surface area contributed by atoms with E-state index < -0.39 is 0 Å². The molecule has 0 bridgehead atoms. The number of rotatable bonds is 6. The lowest BCUT2D eigenvalue weighted by atomic mass is 9.89. The monoisotopic (exact) mass is 338 g/mol. The van der Waals surface area contributed by atoms with Gasteiger partial charge in [-0.2, -0.15) is 0 Å². The van der Waals surface area contributed by atoms with Crippen LogP contribution < -0.4 is 15.4 Å². The van der Waals surface area contributed by atoms with Gasteiger partial charge in [-0.3, -0.25) is 0 Å². The summed E-state index contributed by atoms with van der Waals surface area (Å²) in [6.07, 6.45) is 5.73. The molecule has 2 amide bonds. The maximum absolute atomic E-state index is 12.2. The Morgan fingerprint density at radius 1 is 1.08 bits per heavy atom. The van der Waals surface area contributed by atoms with Gasteiger partial charge in [0, 0.05) is 0 Å². The van der Waals surface area contributed by atoms with Crippen LogP contribution in [0.25, 0.3) is 0 Å². The lowest BCUT2D eigenvalue weighted by molar-refractivity contribution is 0.220. The highest BCUT2D eigenvalue weighted by atomic mass is 16.5. The molecule has 1 unspecified atom stereocenters. The molecule has 0 spiro atoms. The molecule has 0 radical (unpaired) electrons. The van der Waals surface area contributed by atoms with E-state index in [9.17, 15) is 4.79 Å². The highest BCUT2D eigenvalue weighted by Crippen LogP contribution is 2.26. The van der Waals surface area contributed by atoms with E-state index in [4.69, 9.17) is 4.74 Å². The maximum Gasteiger partial charge on any atom is 0.317 e. The normalized spacial score (nSPS) is 14.3. The third-order valence-electron chi connectivity index (χ3n) is 4.70. The first-order valence-electron chi connectivity index (χ1n) is 9.10. The molecule has 4 heteroatoms. The van der Waals surface area contributed by atoms with Crippen LogP contribution in [0.2, 0.25) is 0 Å². The minimum atomic E-state index is -0.208. The fourth-order valence-corrected chi connectivity index (χ4v) is 3.30. The zero-order chi connectivity index (χ0) is 17.5. The topological polar surface area (TPSA) is 50.4 Å². The Morgan fingerprint density at radius 3 is 2.60 bits per heavy atom. The smallest absolute Gasteiger partial charge is 0.317 e. The Labute approximate surface area is 149 Å². The van der Waals surface area contributed by atoms with Crippen molar-refractivity contribution in [2.45, 2.75) is 45.1 Å². The molecule has 0 saturated carbocycles. The minimum absolute atomic E-state index is 0.0175. The molecule has 2 aromatic rings. The molecular formula is C21H26N2O2. The van der Waals surface area contributed by atoms with Crippen LogP contribution in [-0.2, 0) is 12.8 Å². The van der Waals surface area contributed by atoms with Crippen LogP contribution in [0.5, 0.6) is 5.75 Å². The van der Waals surface area contributed by atoms with Gasteiger partial charge in [0.25, 0.3) is 0 Å². The van der Waals surface area contributed by atoms with E-state index >= 15 is 0 Å². The van der Waals surface area contributed by atoms with Crippen molar-refractivity contribution >= 4 is 6.03 Å². The molecule has 0 fully saturated rings. The number of amides is 2. The number of ether oxygens (including phenoxy) is 1. The number of carbonyl (C=O) groups excluding carboxylic acids is 1. The largest absolute Gasteiger partial charge is 0.473 e. The fourth-order valence-electron chi connectivity index (χ4n) is 3.30. The summed E-state index contributed by atoms with van der Waals surface area (Å²) in [6, 6.07) is 15.9. The molecule has 3 rings (SSSR count). The molecule has 132 valence electrons. The average molecular weight is 338 g/mol. The van der Waals surface area contributed by atoms with Crippen molar-refractivity contribution in [3.8, 4) is 5.75 Å². The number of benzene rings is 2. The Balaban J connectivity index is 1.53. The Morgan fingerprint density at radius 2 is 1.84 bits per heavy atom. The zero-order valence-corrected chi connectivity index (χ0v) is 14.8. The Bertz CT molecular complexity index is 700. The maximum atomic E-state index is 12.2. The van der Waals surface area contributed by atoms with Crippen LogP contribution >= 0.6 is 0 Å². The van der Waals surface area contributed by atoms with E-state index in [0.29, 0.717) is 0 Å². The number of hydrogen-bond donors (Lipinski definition) is 2. The van der Waals surface area contributed by atoms with E-state index in [1.54, 1.807) is 0 Å². The second kappa shape index (κ2) is 8.56. The molecule has 25 heavy (non-hydrogen) atoms. The number of para-hydroxylation sites is 1. The predicted octanol–water partition coefficient (Wildman–Crippen LogP) is 4.35. The highest BCUT2D eigenvalue weighted by molar-refractivity contribution is 5.74. The van der Waals surface area contributed by atoms with E-state index in [1.807, 2.05) is 30.3 Å². The SMILES string of the molecule is CCC(NC(=O)NCOc1ccccc1)c1ccc2c(c1)CCCC2. The van der Waals surface area contributed by atoms with Crippen molar-refractivity contribution in [3.05, 3.63) is 65.2 Å². The minimum Gasteiger partial charge on any atom is -0.473 e. The van der Waals surface area contributed by atoms with Gasteiger partial charge in [-0.25, -0.2) is 4.79 Å². The van der Waals surface area contributed by atoms with Gasteiger partial charge >= 0.3 is 6.03 Å². The predicted molar refractivity (Wildman–Crippen MR) is 99.7 cm³/mol. The van der Waals surface area contributed by atoms with E-state index in [1.165, 1.54) is 36.0 Å². The lowest BCUT2D eigenvalue weighted by Crippen LogP contribution is -2.39. The third-order valence-corrected chi connectivity index (χ3v) is 4.70. The summed E-state index contributed by atoms with van der Waals surface area (Å²) in [7, 11) is 0. The fraction of sp³-hybridized carbons (Fsp3) is 0.381. The quantitative estimate of drug-likeness (QED) is 0.769. The van der Waals surface area contributed by atoms with Crippen molar-refractivity contribution in [2.75, 3.05) is 6.73 Å². The van der Waals surface area contributed by atoms with Gasteiger partial charge in [0.1, 0.15) is 5.75 Å². The standard InChI is InChI=1S/C21H26N2O2/c1-2-20(18-13-12-16-8-6-7-9-17(16)14-18)23-21(24)22-15-25-19-10-4-3-5-11-19/h3-5,10-14,20H,2,6-9,15H2,1H3,(H2,22,23,24). The number of carbonyl (C=O) groups is 1. The van der Waals surface area contributed by atoms with E-state index in [0.717, 1.165) is 18.6 Å². The molecule has 0 aliphatic heterocycles. The summed E-state index contributed by atoms with van der Waals surface area (Å²) in [5, 5.41) is 5.80. The van der Waals surface area contributed by atoms with Gasteiger partial charge in [0.15, 0.2) is 6.73 Å². The lowest BCUT2D eigenvalue weighted by Gasteiger charge is -2.22. The molecule has 4 nitrogen and oxygen atoms in total. The molecule has 1 aliphatic carbocycles. The molecule has 1 atom stereocenters. The van der Waals surface area contributed by atoms with Crippen LogP contribution in [0.1, 0.15) is 48.9 Å². The number of fused-ring (bicyclic) bond motifs is 1. The Kier molecular flexibility index (Phi) is 5.94. The summed E-state index contributed by atoms with van der Waals surface area (Å²) < 4.78 is 5.50. The molecular weight excluding hydrogens is 312 g/mol. The molecule has 1 aliphatic rings. The average Bonchev–Trinajstić information content (AvgIpc) is 2.66. The van der Waals surface area contributed by atoms with Gasteiger partial charge in [-0.1, -0.05) is 43.3 Å². The van der Waals surface area contributed by atoms with Gasteiger partial charge < -0.3 is 15.4 Å². The van der Waals surface area contributed by atoms with Gasteiger partial charge in [-0.05, 0) is 60.9 Å². The van der Waals surface area contributed by atoms with Gasteiger partial charge in [-0.15, -0.1) is 0 Å². The molecule has 0 aromatic heterocycles. The number of urea groups is 1. The summed E-state index contributed by atoms with van der Waals surface area (Å²) in [5.74, 6) is 0.740. The van der Waals surface area contributed by atoms with Crippen molar-refractivity contribution < 1.29 is 9.53 Å². The van der Waals surface area contributed by atoms with Crippen LogP contribution in [0.15, 0.2) is 48.5 Å². The van der Waals surface area contributed by atoms with Crippen molar-refractivity contribution in [3.63, 3.8) is 0 Å². The second-order valence-corrected chi connectivity index (χ2v) is 6.45. The molecule has 2 aromatic carbocycles. The van der Waals surface area contributed by atoms with E-state index in [-0.39, 0.29) is 18.8 Å². The summed E-state index contributed by atoms with van der Waals surface area (Å²) in [6.45, 7) is 2.24. The Hall–Kier alpha value is -2.49. The summed E-state index contributed by atoms with van der Waals surface area (Å²) in [5.41, 5.74) is 4.09. The summed E-state index contributed by atoms with van der Waals surface area (Å²) >= 11 is 0. The van der Waals surface area contributed by atoms with Crippen LogP contribution in [0.3, 0.4) is 0 Å². The van der Waals surface area contributed by atoms with Gasteiger partial charge in [0.2, 0.25) is 0 Å². The number of nitrogens with one attached hydrogen (secondary N) is 2. The van der Waals surface area contributed by atoms with Crippen LogP contribution in [0.4, 0.5) is 4.79 Å².